The topological polar surface area (TPSA) is 64.3 Å². The molecule has 6 heteroatoms. The van der Waals surface area contributed by atoms with Gasteiger partial charge in [-0.2, -0.15) is 0 Å². The fraction of sp³-hybridized carbons (Fsp3) is 0.533. The van der Waals surface area contributed by atoms with E-state index < -0.39 is 0 Å². The van der Waals surface area contributed by atoms with Crippen LogP contribution in [0.25, 0.3) is 0 Å². The van der Waals surface area contributed by atoms with Crippen molar-refractivity contribution >= 4 is 43.5 Å². The smallest absolute Gasteiger partial charge is 0.224 e. The van der Waals surface area contributed by atoms with E-state index in [-0.39, 0.29) is 11.8 Å². The van der Waals surface area contributed by atoms with E-state index in [1.807, 2.05) is 6.07 Å². The highest BCUT2D eigenvalue weighted by molar-refractivity contribution is 9.11. The molecular formula is C15H22Br2N2O2. The molecule has 1 atom stereocenters. The third kappa shape index (κ3) is 5.96. The molecule has 0 aromatic heterocycles. The molecule has 21 heavy (non-hydrogen) atoms. The van der Waals surface area contributed by atoms with Gasteiger partial charge in [0.05, 0.1) is 17.3 Å². The Morgan fingerprint density at radius 2 is 2.00 bits per heavy atom. The molecule has 0 aliphatic heterocycles. The predicted octanol–water partition coefficient (Wildman–Crippen LogP) is 4.17. The molecule has 1 aromatic rings. The number of hydrogen-bond donors (Lipinski definition) is 2. The second-order valence-corrected chi connectivity index (χ2v) is 7.16. The molecule has 1 amide bonds. The van der Waals surface area contributed by atoms with Crippen molar-refractivity contribution in [2.24, 2.45) is 17.6 Å². The molecule has 118 valence electrons. The van der Waals surface area contributed by atoms with Gasteiger partial charge in [-0.05, 0) is 62.7 Å². The Bertz CT molecular complexity index is 493. The van der Waals surface area contributed by atoms with Crippen LogP contribution < -0.4 is 15.8 Å². The molecule has 0 bridgehead atoms. The summed E-state index contributed by atoms with van der Waals surface area (Å²) in [6, 6.07) is 3.63. The Labute approximate surface area is 143 Å². The Balaban J connectivity index is 2.74. The summed E-state index contributed by atoms with van der Waals surface area (Å²) >= 11 is 6.84. The third-order valence-corrected chi connectivity index (χ3v) is 4.40. The second-order valence-electron chi connectivity index (χ2n) is 5.45. The van der Waals surface area contributed by atoms with Gasteiger partial charge in [0.25, 0.3) is 0 Å². The number of amides is 1. The van der Waals surface area contributed by atoms with Crippen molar-refractivity contribution in [1.29, 1.82) is 0 Å². The summed E-state index contributed by atoms with van der Waals surface area (Å²) in [6.07, 6.45) is 1.38. The number of ether oxygens (including phenoxy) is 1. The summed E-state index contributed by atoms with van der Waals surface area (Å²) in [7, 11) is 1.59. The normalized spacial score (nSPS) is 12.3. The third-order valence-electron chi connectivity index (χ3n) is 3.13. The molecule has 0 aliphatic carbocycles. The van der Waals surface area contributed by atoms with E-state index in [1.54, 1.807) is 13.2 Å². The first-order chi connectivity index (χ1) is 9.87. The molecule has 0 spiro atoms. The first kappa shape index (κ1) is 18.5. The second kappa shape index (κ2) is 8.76. The summed E-state index contributed by atoms with van der Waals surface area (Å²) in [5.74, 6) is 1.38. The summed E-state index contributed by atoms with van der Waals surface area (Å²) in [6.45, 7) is 4.80. The summed E-state index contributed by atoms with van der Waals surface area (Å²) in [4.78, 5) is 12.2. The maximum atomic E-state index is 12.2. The summed E-state index contributed by atoms with van der Waals surface area (Å²) < 4.78 is 6.87. The number of carbonyl (C=O) groups is 1. The van der Waals surface area contributed by atoms with Crippen molar-refractivity contribution in [2.75, 3.05) is 19.0 Å². The lowest BCUT2D eigenvalue weighted by Gasteiger charge is -2.17. The number of nitrogens with two attached hydrogens (primary N) is 1. The number of benzene rings is 1. The molecular weight excluding hydrogens is 400 g/mol. The minimum atomic E-state index is -0.0313. The Morgan fingerprint density at radius 3 is 2.52 bits per heavy atom. The van der Waals surface area contributed by atoms with E-state index >= 15 is 0 Å². The molecule has 1 rings (SSSR count). The Kier molecular flexibility index (Phi) is 7.70. The molecule has 1 unspecified atom stereocenters. The van der Waals surface area contributed by atoms with Crippen LogP contribution >= 0.6 is 31.9 Å². The van der Waals surface area contributed by atoms with Crippen molar-refractivity contribution in [3.05, 3.63) is 21.1 Å². The highest BCUT2D eigenvalue weighted by Gasteiger charge is 2.16. The van der Waals surface area contributed by atoms with Crippen LogP contribution in [0.5, 0.6) is 5.75 Å². The summed E-state index contributed by atoms with van der Waals surface area (Å²) in [5.41, 5.74) is 6.44. The van der Waals surface area contributed by atoms with Crippen LogP contribution in [-0.2, 0) is 4.79 Å². The number of halogens is 2. The van der Waals surface area contributed by atoms with Gasteiger partial charge in [-0.3, -0.25) is 4.79 Å². The largest absolute Gasteiger partial charge is 0.495 e. The van der Waals surface area contributed by atoms with E-state index in [2.05, 4.69) is 51.0 Å². The maximum Gasteiger partial charge on any atom is 0.224 e. The molecule has 3 N–H and O–H groups in total. The number of carbonyl (C=O) groups excluding carboxylic acids is 1. The quantitative estimate of drug-likeness (QED) is 0.694. The molecule has 4 nitrogen and oxygen atoms in total. The Morgan fingerprint density at radius 1 is 1.33 bits per heavy atom. The van der Waals surface area contributed by atoms with Crippen LogP contribution in [0.4, 0.5) is 5.69 Å². The zero-order chi connectivity index (χ0) is 16.0. The van der Waals surface area contributed by atoms with E-state index in [9.17, 15) is 4.79 Å². The van der Waals surface area contributed by atoms with E-state index in [0.717, 1.165) is 15.4 Å². The monoisotopic (exact) mass is 420 g/mol. The van der Waals surface area contributed by atoms with Crippen LogP contribution in [0.2, 0.25) is 0 Å². The van der Waals surface area contributed by atoms with Crippen LogP contribution in [0.15, 0.2) is 21.1 Å². The van der Waals surface area contributed by atoms with Crippen molar-refractivity contribution in [3.63, 3.8) is 0 Å². The molecule has 0 radical (unpaired) electrons. The zero-order valence-electron chi connectivity index (χ0n) is 12.6. The minimum absolute atomic E-state index is 0.0313. The summed E-state index contributed by atoms with van der Waals surface area (Å²) in [5, 5.41) is 2.91. The Hall–Kier alpha value is -0.590. The van der Waals surface area contributed by atoms with Crippen molar-refractivity contribution in [3.8, 4) is 5.75 Å². The lowest BCUT2D eigenvalue weighted by molar-refractivity contribution is -0.117. The van der Waals surface area contributed by atoms with Crippen LogP contribution in [-0.4, -0.2) is 19.6 Å². The standard InChI is InChI=1S/C15H22Br2N2O2/c1-9(2)4-10(8-18)5-15(20)19-13-7-14(21-3)12(17)6-11(13)16/h6-7,9-10H,4-5,8,18H2,1-3H3,(H,19,20). The van der Waals surface area contributed by atoms with Gasteiger partial charge < -0.3 is 15.8 Å². The van der Waals surface area contributed by atoms with Crippen molar-refractivity contribution in [1.82, 2.24) is 0 Å². The lowest BCUT2D eigenvalue weighted by atomic mass is 9.94. The van der Waals surface area contributed by atoms with Gasteiger partial charge in [0.1, 0.15) is 5.75 Å². The van der Waals surface area contributed by atoms with Crippen molar-refractivity contribution in [2.45, 2.75) is 26.7 Å². The molecule has 0 saturated carbocycles. The lowest BCUT2D eigenvalue weighted by Crippen LogP contribution is -2.23. The first-order valence-electron chi connectivity index (χ1n) is 6.90. The van der Waals surface area contributed by atoms with Gasteiger partial charge in [0.2, 0.25) is 5.91 Å². The van der Waals surface area contributed by atoms with Crippen LogP contribution in [0.1, 0.15) is 26.7 Å². The van der Waals surface area contributed by atoms with E-state index in [4.69, 9.17) is 10.5 Å². The highest BCUT2D eigenvalue weighted by Crippen LogP contribution is 2.34. The van der Waals surface area contributed by atoms with Crippen LogP contribution in [0, 0.1) is 11.8 Å². The number of anilines is 1. The molecule has 0 saturated heterocycles. The predicted molar refractivity (Wildman–Crippen MR) is 93.6 cm³/mol. The fourth-order valence-corrected chi connectivity index (χ4v) is 3.43. The van der Waals surface area contributed by atoms with Gasteiger partial charge in [0.15, 0.2) is 0 Å². The maximum absolute atomic E-state index is 12.2. The zero-order valence-corrected chi connectivity index (χ0v) is 15.8. The fourth-order valence-electron chi connectivity index (χ4n) is 2.17. The van der Waals surface area contributed by atoms with Crippen molar-refractivity contribution < 1.29 is 9.53 Å². The minimum Gasteiger partial charge on any atom is -0.495 e. The molecule has 0 aliphatic rings. The van der Waals surface area contributed by atoms with Crippen LogP contribution in [0.3, 0.4) is 0 Å². The van der Waals surface area contributed by atoms with Gasteiger partial charge in [-0.25, -0.2) is 0 Å². The number of hydrogen-bond acceptors (Lipinski definition) is 3. The van der Waals surface area contributed by atoms with E-state index in [0.29, 0.717) is 30.3 Å². The highest BCUT2D eigenvalue weighted by atomic mass is 79.9. The number of methoxy groups -OCH3 is 1. The average Bonchev–Trinajstić information content (AvgIpc) is 2.40. The SMILES string of the molecule is COc1cc(NC(=O)CC(CN)CC(C)C)c(Br)cc1Br. The van der Waals surface area contributed by atoms with Gasteiger partial charge >= 0.3 is 0 Å². The molecule has 0 fully saturated rings. The first-order valence-corrected chi connectivity index (χ1v) is 8.48. The number of rotatable bonds is 7. The van der Waals surface area contributed by atoms with Gasteiger partial charge in [-0.1, -0.05) is 13.8 Å². The van der Waals surface area contributed by atoms with E-state index in [1.165, 1.54) is 0 Å². The number of nitrogens with one attached hydrogen (secondary N) is 1. The molecule has 1 aromatic carbocycles. The van der Waals surface area contributed by atoms with Gasteiger partial charge in [0, 0.05) is 17.0 Å². The van der Waals surface area contributed by atoms with Gasteiger partial charge in [-0.15, -0.1) is 0 Å². The molecule has 0 heterocycles. The average molecular weight is 422 g/mol.